The highest BCUT2D eigenvalue weighted by molar-refractivity contribution is 5.93. The Balaban J connectivity index is 1.28. The van der Waals surface area contributed by atoms with E-state index in [4.69, 9.17) is 0 Å². The number of hydrogen-bond donors (Lipinski definition) is 1. The van der Waals surface area contributed by atoms with E-state index in [2.05, 4.69) is 52.7 Å². The Morgan fingerprint density at radius 1 is 0.923 bits per heavy atom. The number of hydrogen-bond acceptors (Lipinski definition) is 2. The highest BCUT2D eigenvalue weighted by Crippen LogP contribution is 2.29. The molecular formula is C23H28N2O. The van der Waals surface area contributed by atoms with Crippen LogP contribution in [-0.4, -0.2) is 19.0 Å². The molecule has 2 aromatic carbocycles. The van der Waals surface area contributed by atoms with Gasteiger partial charge in [-0.1, -0.05) is 36.8 Å². The molecule has 1 saturated carbocycles. The minimum atomic E-state index is 0.186. The molecule has 0 atom stereocenters. The average molecular weight is 348 g/mol. The fourth-order valence-corrected chi connectivity index (χ4v) is 4.01. The predicted molar refractivity (Wildman–Crippen MR) is 107 cm³/mol. The van der Waals surface area contributed by atoms with E-state index >= 15 is 0 Å². The lowest BCUT2D eigenvalue weighted by atomic mass is 9.85. The molecule has 1 aliphatic carbocycles. The Labute approximate surface area is 156 Å². The number of piperidine rings is 1. The maximum absolute atomic E-state index is 12.0. The standard InChI is InChI=1S/C23H28N2O/c26-23(20-7-4-8-20)24-21-9-11-22(12-10-21)25-15-13-19(14-16-25)17-18-5-2-1-3-6-18/h1-3,5-6,9-12,19-20H,4,7-8,13-17H2,(H,24,26). The van der Waals surface area contributed by atoms with Crippen LogP contribution in [0.1, 0.15) is 37.7 Å². The molecule has 3 nitrogen and oxygen atoms in total. The number of rotatable bonds is 5. The molecule has 0 unspecified atom stereocenters. The van der Waals surface area contributed by atoms with E-state index in [0.29, 0.717) is 0 Å². The minimum Gasteiger partial charge on any atom is -0.372 e. The van der Waals surface area contributed by atoms with Crippen LogP contribution in [0.5, 0.6) is 0 Å². The first-order valence-corrected chi connectivity index (χ1v) is 9.98. The lowest BCUT2D eigenvalue weighted by molar-refractivity contribution is -0.122. The molecule has 2 fully saturated rings. The van der Waals surface area contributed by atoms with Crippen LogP contribution in [0, 0.1) is 11.8 Å². The third kappa shape index (κ3) is 4.09. The Kier molecular flexibility index (Phi) is 5.24. The van der Waals surface area contributed by atoms with Crippen LogP contribution in [0.15, 0.2) is 54.6 Å². The van der Waals surface area contributed by atoms with E-state index in [1.807, 2.05) is 12.1 Å². The molecule has 1 saturated heterocycles. The fraction of sp³-hybridized carbons (Fsp3) is 0.435. The number of carbonyl (C=O) groups excluding carboxylic acids is 1. The zero-order valence-corrected chi connectivity index (χ0v) is 15.4. The van der Waals surface area contributed by atoms with Gasteiger partial charge in [-0.3, -0.25) is 4.79 Å². The minimum absolute atomic E-state index is 0.186. The maximum atomic E-state index is 12.0. The predicted octanol–water partition coefficient (Wildman–Crippen LogP) is 4.88. The summed E-state index contributed by atoms with van der Waals surface area (Å²) >= 11 is 0. The van der Waals surface area contributed by atoms with Gasteiger partial charge in [0.25, 0.3) is 0 Å². The van der Waals surface area contributed by atoms with E-state index in [9.17, 15) is 4.79 Å². The Bertz CT molecular complexity index is 714. The molecule has 136 valence electrons. The van der Waals surface area contributed by atoms with Crippen molar-refractivity contribution in [2.24, 2.45) is 11.8 Å². The topological polar surface area (TPSA) is 32.3 Å². The summed E-state index contributed by atoms with van der Waals surface area (Å²) in [5.74, 6) is 1.21. The van der Waals surface area contributed by atoms with Crippen LogP contribution < -0.4 is 10.2 Å². The number of carbonyl (C=O) groups is 1. The monoisotopic (exact) mass is 348 g/mol. The van der Waals surface area contributed by atoms with Crippen molar-refractivity contribution in [2.45, 2.75) is 38.5 Å². The van der Waals surface area contributed by atoms with Crippen LogP contribution in [0.3, 0.4) is 0 Å². The lowest BCUT2D eigenvalue weighted by Crippen LogP contribution is -2.34. The molecule has 2 aliphatic rings. The summed E-state index contributed by atoms with van der Waals surface area (Å²) in [6.45, 7) is 2.23. The van der Waals surface area contributed by atoms with E-state index in [-0.39, 0.29) is 11.8 Å². The molecule has 2 aromatic rings. The molecule has 1 N–H and O–H groups in total. The quantitative estimate of drug-likeness (QED) is 0.835. The van der Waals surface area contributed by atoms with Crippen LogP contribution in [0.25, 0.3) is 0 Å². The number of nitrogens with zero attached hydrogens (tertiary/aromatic N) is 1. The van der Waals surface area contributed by atoms with Gasteiger partial charge in [0.15, 0.2) is 0 Å². The van der Waals surface area contributed by atoms with Gasteiger partial charge in [-0.2, -0.15) is 0 Å². The number of amides is 1. The number of anilines is 2. The third-order valence-electron chi connectivity index (χ3n) is 5.96. The van der Waals surface area contributed by atoms with Crippen molar-refractivity contribution in [1.82, 2.24) is 0 Å². The number of nitrogens with one attached hydrogen (secondary N) is 1. The molecule has 0 spiro atoms. The average Bonchev–Trinajstić information content (AvgIpc) is 2.62. The van der Waals surface area contributed by atoms with E-state index < -0.39 is 0 Å². The van der Waals surface area contributed by atoms with E-state index in [0.717, 1.165) is 37.5 Å². The van der Waals surface area contributed by atoms with Crippen LogP contribution in [0.2, 0.25) is 0 Å². The van der Waals surface area contributed by atoms with Gasteiger partial charge in [-0.15, -0.1) is 0 Å². The van der Waals surface area contributed by atoms with Crippen molar-refractivity contribution >= 4 is 17.3 Å². The molecule has 3 heteroatoms. The Hall–Kier alpha value is -2.29. The molecule has 0 bridgehead atoms. The summed E-state index contributed by atoms with van der Waals surface area (Å²) in [6, 6.07) is 19.2. The van der Waals surface area contributed by atoms with Crippen molar-refractivity contribution in [1.29, 1.82) is 0 Å². The fourth-order valence-electron chi connectivity index (χ4n) is 4.01. The lowest BCUT2D eigenvalue weighted by Gasteiger charge is -2.34. The second-order valence-corrected chi connectivity index (χ2v) is 7.78. The second-order valence-electron chi connectivity index (χ2n) is 7.78. The first kappa shape index (κ1) is 17.1. The summed E-state index contributed by atoms with van der Waals surface area (Å²) in [5.41, 5.74) is 3.65. The van der Waals surface area contributed by atoms with Crippen molar-refractivity contribution in [3.63, 3.8) is 0 Å². The Morgan fingerprint density at radius 2 is 1.62 bits per heavy atom. The highest BCUT2D eigenvalue weighted by Gasteiger charge is 2.25. The summed E-state index contributed by atoms with van der Waals surface area (Å²) in [5, 5.41) is 3.05. The third-order valence-corrected chi connectivity index (χ3v) is 5.96. The molecule has 26 heavy (non-hydrogen) atoms. The van der Waals surface area contributed by atoms with Crippen LogP contribution in [-0.2, 0) is 11.2 Å². The number of benzene rings is 2. The van der Waals surface area contributed by atoms with Gasteiger partial charge in [0.05, 0.1) is 0 Å². The van der Waals surface area contributed by atoms with Crippen molar-refractivity contribution < 1.29 is 4.79 Å². The molecule has 0 aromatic heterocycles. The second kappa shape index (κ2) is 7.94. The van der Waals surface area contributed by atoms with Gasteiger partial charge in [0.2, 0.25) is 5.91 Å². The SMILES string of the molecule is O=C(Nc1ccc(N2CCC(Cc3ccccc3)CC2)cc1)C1CCC1. The summed E-state index contributed by atoms with van der Waals surface area (Å²) in [7, 11) is 0. The normalized spacial score (nSPS) is 18.4. The zero-order chi connectivity index (χ0) is 17.8. The first-order chi connectivity index (χ1) is 12.8. The molecular weight excluding hydrogens is 320 g/mol. The smallest absolute Gasteiger partial charge is 0.227 e. The first-order valence-electron chi connectivity index (χ1n) is 9.98. The maximum Gasteiger partial charge on any atom is 0.227 e. The van der Waals surface area contributed by atoms with Gasteiger partial charge in [-0.05, 0) is 67.9 Å². The van der Waals surface area contributed by atoms with Crippen LogP contribution >= 0.6 is 0 Å². The molecule has 1 amide bonds. The van der Waals surface area contributed by atoms with Crippen molar-refractivity contribution in [3.05, 3.63) is 60.2 Å². The van der Waals surface area contributed by atoms with E-state index in [1.165, 1.54) is 36.9 Å². The summed E-state index contributed by atoms with van der Waals surface area (Å²) in [4.78, 5) is 14.5. The molecule has 1 heterocycles. The highest BCUT2D eigenvalue weighted by atomic mass is 16.1. The summed E-state index contributed by atoms with van der Waals surface area (Å²) in [6.07, 6.45) is 6.96. The van der Waals surface area contributed by atoms with E-state index in [1.54, 1.807) is 0 Å². The van der Waals surface area contributed by atoms with Gasteiger partial charge in [0, 0.05) is 30.4 Å². The van der Waals surface area contributed by atoms with Crippen molar-refractivity contribution in [2.75, 3.05) is 23.3 Å². The van der Waals surface area contributed by atoms with Gasteiger partial charge >= 0.3 is 0 Å². The largest absolute Gasteiger partial charge is 0.372 e. The van der Waals surface area contributed by atoms with Crippen molar-refractivity contribution in [3.8, 4) is 0 Å². The summed E-state index contributed by atoms with van der Waals surface area (Å²) < 4.78 is 0. The zero-order valence-electron chi connectivity index (χ0n) is 15.4. The van der Waals surface area contributed by atoms with Gasteiger partial charge in [0.1, 0.15) is 0 Å². The Morgan fingerprint density at radius 3 is 2.23 bits per heavy atom. The molecule has 4 rings (SSSR count). The van der Waals surface area contributed by atoms with Gasteiger partial charge < -0.3 is 10.2 Å². The molecule has 0 radical (unpaired) electrons. The van der Waals surface area contributed by atoms with Gasteiger partial charge in [-0.25, -0.2) is 0 Å². The molecule has 1 aliphatic heterocycles. The van der Waals surface area contributed by atoms with Crippen LogP contribution in [0.4, 0.5) is 11.4 Å².